The lowest BCUT2D eigenvalue weighted by Crippen LogP contribution is -2.46. The van der Waals surface area contributed by atoms with Gasteiger partial charge in [0.2, 0.25) is 0 Å². The van der Waals surface area contributed by atoms with Gasteiger partial charge in [0.1, 0.15) is 11.9 Å². The number of hydrogen-bond acceptors (Lipinski definition) is 6. The predicted octanol–water partition coefficient (Wildman–Crippen LogP) is 2.54. The van der Waals surface area contributed by atoms with Crippen molar-refractivity contribution in [2.24, 2.45) is 7.05 Å². The SMILES string of the molecule is Cc1ccc(C(=O)C2CN(Cc3nc(-c4ccncc4)cc(=O)n3C)CCO2)c(C)c1. The molecule has 0 radical (unpaired) electrons. The van der Waals surface area contributed by atoms with E-state index in [-0.39, 0.29) is 11.3 Å². The molecule has 2 aromatic heterocycles. The molecule has 0 bridgehead atoms. The van der Waals surface area contributed by atoms with E-state index in [9.17, 15) is 9.59 Å². The van der Waals surface area contributed by atoms with Crippen LogP contribution in [0.3, 0.4) is 0 Å². The van der Waals surface area contributed by atoms with Crippen molar-refractivity contribution in [3.8, 4) is 11.3 Å². The van der Waals surface area contributed by atoms with Crippen LogP contribution in [0.1, 0.15) is 27.3 Å². The van der Waals surface area contributed by atoms with Crippen molar-refractivity contribution >= 4 is 5.78 Å². The molecule has 4 rings (SSSR count). The molecule has 0 saturated carbocycles. The minimum atomic E-state index is -0.532. The fourth-order valence-corrected chi connectivity index (χ4v) is 3.87. The van der Waals surface area contributed by atoms with Gasteiger partial charge in [0.25, 0.3) is 5.56 Å². The number of carbonyl (C=O) groups excluding carboxylic acids is 1. The number of rotatable bonds is 5. The van der Waals surface area contributed by atoms with Crippen LogP contribution in [0.15, 0.2) is 53.6 Å². The second kappa shape index (κ2) is 8.91. The van der Waals surface area contributed by atoms with Crippen molar-refractivity contribution in [1.29, 1.82) is 0 Å². The molecule has 31 heavy (non-hydrogen) atoms. The lowest BCUT2D eigenvalue weighted by molar-refractivity contribution is -0.0200. The highest BCUT2D eigenvalue weighted by Crippen LogP contribution is 2.19. The van der Waals surface area contributed by atoms with Crippen LogP contribution in [0.25, 0.3) is 11.3 Å². The molecule has 1 aromatic carbocycles. The zero-order valence-corrected chi connectivity index (χ0v) is 18.0. The Morgan fingerprint density at radius 3 is 2.68 bits per heavy atom. The highest BCUT2D eigenvalue weighted by Gasteiger charge is 2.29. The second-order valence-electron chi connectivity index (χ2n) is 7.97. The first kappa shape index (κ1) is 21.1. The van der Waals surface area contributed by atoms with E-state index in [2.05, 4.69) is 9.88 Å². The highest BCUT2D eigenvalue weighted by atomic mass is 16.5. The second-order valence-corrected chi connectivity index (χ2v) is 7.97. The van der Waals surface area contributed by atoms with Gasteiger partial charge in [-0.05, 0) is 31.5 Å². The molecule has 7 nitrogen and oxygen atoms in total. The maximum absolute atomic E-state index is 13.1. The summed E-state index contributed by atoms with van der Waals surface area (Å²) in [5.74, 6) is 0.647. The number of pyridine rings is 1. The van der Waals surface area contributed by atoms with Crippen LogP contribution in [0, 0.1) is 13.8 Å². The Morgan fingerprint density at radius 2 is 1.94 bits per heavy atom. The van der Waals surface area contributed by atoms with E-state index in [1.54, 1.807) is 24.0 Å². The number of ether oxygens (including phenoxy) is 1. The third-order valence-corrected chi connectivity index (χ3v) is 5.66. The molecule has 3 aromatic rings. The van der Waals surface area contributed by atoms with Crippen LogP contribution < -0.4 is 5.56 Å². The molecule has 1 unspecified atom stereocenters. The van der Waals surface area contributed by atoms with Crippen molar-refractivity contribution < 1.29 is 9.53 Å². The smallest absolute Gasteiger partial charge is 0.253 e. The van der Waals surface area contributed by atoms with Gasteiger partial charge in [0, 0.05) is 49.7 Å². The quantitative estimate of drug-likeness (QED) is 0.593. The lowest BCUT2D eigenvalue weighted by atomic mass is 9.98. The Kier molecular flexibility index (Phi) is 6.06. The van der Waals surface area contributed by atoms with Gasteiger partial charge >= 0.3 is 0 Å². The molecule has 1 aliphatic rings. The van der Waals surface area contributed by atoms with Crippen LogP contribution >= 0.6 is 0 Å². The number of aryl methyl sites for hydroxylation is 2. The zero-order valence-electron chi connectivity index (χ0n) is 18.0. The molecule has 1 saturated heterocycles. The van der Waals surface area contributed by atoms with Gasteiger partial charge in [-0.3, -0.25) is 24.0 Å². The Bertz CT molecular complexity index is 1160. The summed E-state index contributed by atoms with van der Waals surface area (Å²) in [5, 5.41) is 0. The Balaban J connectivity index is 1.54. The van der Waals surface area contributed by atoms with E-state index in [4.69, 9.17) is 9.72 Å². The largest absolute Gasteiger partial charge is 0.367 e. The predicted molar refractivity (Wildman–Crippen MR) is 118 cm³/mol. The van der Waals surface area contributed by atoms with Gasteiger partial charge in [-0.15, -0.1) is 0 Å². The summed E-state index contributed by atoms with van der Waals surface area (Å²) in [6.07, 6.45) is 2.83. The van der Waals surface area contributed by atoms with E-state index < -0.39 is 6.10 Å². The van der Waals surface area contributed by atoms with Crippen molar-refractivity contribution in [2.45, 2.75) is 26.5 Å². The van der Waals surface area contributed by atoms with Crippen LogP contribution in [0.2, 0.25) is 0 Å². The molecule has 0 N–H and O–H groups in total. The minimum absolute atomic E-state index is 0.00501. The normalized spacial score (nSPS) is 16.9. The van der Waals surface area contributed by atoms with Crippen LogP contribution in [-0.4, -0.2) is 51.0 Å². The monoisotopic (exact) mass is 418 g/mol. The Labute approximate surface area is 181 Å². The third-order valence-electron chi connectivity index (χ3n) is 5.66. The summed E-state index contributed by atoms with van der Waals surface area (Å²) >= 11 is 0. The molecule has 1 atom stereocenters. The Hall–Kier alpha value is -3.16. The van der Waals surface area contributed by atoms with Crippen LogP contribution in [-0.2, 0) is 18.3 Å². The van der Waals surface area contributed by atoms with E-state index in [0.29, 0.717) is 43.3 Å². The number of benzene rings is 1. The van der Waals surface area contributed by atoms with Gasteiger partial charge in [-0.2, -0.15) is 0 Å². The van der Waals surface area contributed by atoms with E-state index in [1.165, 1.54) is 6.07 Å². The zero-order chi connectivity index (χ0) is 22.0. The molecule has 0 amide bonds. The molecule has 1 fully saturated rings. The molecular formula is C24H26N4O3. The Morgan fingerprint density at radius 1 is 1.16 bits per heavy atom. The van der Waals surface area contributed by atoms with Crippen molar-refractivity contribution in [3.05, 3.63) is 81.7 Å². The molecule has 160 valence electrons. The summed E-state index contributed by atoms with van der Waals surface area (Å²) in [5.41, 5.74) is 4.13. The van der Waals surface area contributed by atoms with Gasteiger partial charge in [-0.1, -0.05) is 23.8 Å². The summed E-state index contributed by atoms with van der Waals surface area (Å²) in [4.78, 5) is 36.4. The van der Waals surface area contributed by atoms with Gasteiger partial charge in [0.05, 0.1) is 18.8 Å². The molecular weight excluding hydrogens is 392 g/mol. The fraction of sp³-hybridized carbons (Fsp3) is 0.333. The summed E-state index contributed by atoms with van der Waals surface area (Å²) in [6, 6.07) is 11.0. The molecule has 0 spiro atoms. The summed E-state index contributed by atoms with van der Waals surface area (Å²) < 4.78 is 7.36. The van der Waals surface area contributed by atoms with E-state index in [0.717, 1.165) is 16.7 Å². The minimum Gasteiger partial charge on any atom is -0.367 e. The average Bonchev–Trinajstić information content (AvgIpc) is 2.77. The average molecular weight is 418 g/mol. The number of ketones is 1. The molecule has 0 aliphatic carbocycles. The van der Waals surface area contributed by atoms with Crippen molar-refractivity contribution in [2.75, 3.05) is 19.7 Å². The first-order valence-electron chi connectivity index (χ1n) is 10.3. The third kappa shape index (κ3) is 4.62. The molecule has 3 heterocycles. The van der Waals surface area contributed by atoms with Gasteiger partial charge < -0.3 is 4.74 Å². The number of hydrogen-bond donors (Lipinski definition) is 0. The number of nitrogens with zero attached hydrogens (tertiary/aromatic N) is 4. The number of morpholine rings is 1. The van der Waals surface area contributed by atoms with Gasteiger partial charge in [0.15, 0.2) is 5.78 Å². The maximum Gasteiger partial charge on any atom is 0.253 e. The number of aromatic nitrogens is 3. The van der Waals surface area contributed by atoms with E-state index in [1.807, 2.05) is 44.2 Å². The topological polar surface area (TPSA) is 77.3 Å². The highest BCUT2D eigenvalue weighted by molar-refractivity contribution is 6.01. The summed E-state index contributed by atoms with van der Waals surface area (Å²) in [6.45, 7) is 6.01. The maximum atomic E-state index is 13.1. The molecule has 7 heteroatoms. The lowest BCUT2D eigenvalue weighted by Gasteiger charge is -2.32. The standard InChI is InChI=1S/C24H26N4O3/c1-16-4-5-19(17(2)12-16)24(30)21-14-28(10-11-31-21)15-22-26-20(13-23(29)27(22)3)18-6-8-25-9-7-18/h4-9,12-13,21H,10-11,14-15H2,1-3H3. The number of Topliss-reactive ketones (excluding diaryl/α,β-unsaturated/α-hetero) is 1. The number of carbonyl (C=O) groups is 1. The van der Waals surface area contributed by atoms with Crippen molar-refractivity contribution in [1.82, 2.24) is 19.4 Å². The van der Waals surface area contributed by atoms with Gasteiger partial charge in [-0.25, -0.2) is 4.98 Å². The fourth-order valence-electron chi connectivity index (χ4n) is 3.87. The van der Waals surface area contributed by atoms with E-state index >= 15 is 0 Å². The van der Waals surface area contributed by atoms with Crippen LogP contribution in [0.4, 0.5) is 0 Å². The first-order chi connectivity index (χ1) is 14.9. The molecule has 1 aliphatic heterocycles. The first-order valence-corrected chi connectivity index (χ1v) is 10.3. The summed E-state index contributed by atoms with van der Waals surface area (Å²) in [7, 11) is 1.72. The van der Waals surface area contributed by atoms with Crippen LogP contribution in [0.5, 0.6) is 0 Å². The van der Waals surface area contributed by atoms with Crippen molar-refractivity contribution in [3.63, 3.8) is 0 Å².